The Morgan fingerprint density at radius 1 is 1.00 bits per heavy atom. The molecule has 0 unspecified atom stereocenters. The van der Waals surface area contributed by atoms with Gasteiger partial charge in [-0.1, -0.05) is 12.1 Å². The van der Waals surface area contributed by atoms with E-state index in [2.05, 4.69) is 15.1 Å². The summed E-state index contributed by atoms with van der Waals surface area (Å²) in [4.78, 5) is 13.4. The van der Waals surface area contributed by atoms with E-state index in [-0.39, 0.29) is 4.90 Å². The van der Waals surface area contributed by atoms with Gasteiger partial charge in [-0.05, 0) is 30.7 Å². The largest absolute Gasteiger partial charge is 0.379 e. The number of ether oxygens (including phenoxy) is 1. The molecule has 0 radical (unpaired) electrons. The first-order chi connectivity index (χ1) is 15.0. The molecule has 1 aliphatic heterocycles. The maximum atomic E-state index is 13.1. The standard InChI is InChI=1S/C21H20N6O3S/c1-15-22-12-17(13-23-15)20-5-6-27-21(25-20)19(14-24-27)16-3-2-4-18(11-16)31(28,29)26-7-9-30-10-8-26/h2-6,11-14H,7-10H2,1H3. The van der Waals surface area contributed by atoms with E-state index in [4.69, 9.17) is 9.72 Å². The smallest absolute Gasteiger partial charge is 0.243 e. The third kappa shape index (κ3) is 3.69. The van der Waals surface area contributed by atoms with Crippen LogP contribution in [0.2, 0.25) is 0 Å². The number of hydrogen-bond donors (Lipinski definition) is 0. The van der Waals surface area contributed by atoms with Crippen LogP contribution in [0.5, 0.6) is 0 Å². The monoisotopic (exact) mass is 436 g/mol. The average molecular weight is 436 g/mol. The lowest BCUT2D eigenvalue weighted by Crippen LogP contribution is -2.40. The van der Waals surface area contributed by atoms with Gasteiger partial charge in [0, 0.05) is 42.8 Å². The molecule has 1 fully saturated rings. The highest BCUT2D eigenvalue weighted by molar-refractivity contribution is 7.89. The van der Waals surface area contributed by atoms with Gasteiger partial charge in [0.25, 0.3) is 0 Å². The lowest BCUT2D eigenvalue weighted by molar-refractivity contribution is 0.0730. The zero-order valence-electron chi connectivity index (χ0n) is 16.8. The van der Waals surface area contributed by atoms with Crippen molar-refractivity contribution in [2.75, 3.05) is 26.3 Å². The Kier molecular flexibility index (Phi) is 4.97. The van der Waals surface area contributed by atoms with Crippen molar-refractivity contribution in [3.05, 3.63) is 60.9 Å². The molecule has 0 aliphatic carbocycles. The van der Waals surface area contributed by atoms with Crippen molar-refractivity contribution in [3.8, 4) is 22.4 Å². The quantitative estimate of drug-likeness (QED) is 0.483. The summed E-state index contributed by atoms with van der Waals surface area (Å²) in [7, 11) is -3.59. The van der Waals surface area contributed by atoms with E-state index in [0.29, 0.717) is 43.5 Å². The highest BCUT2D eigenvalue weighted by Crippen LogP contribution is 2.28. The van der Waals surface area contributed by atoms with Crippen LogP contribution in [0.3, 0.4) is 0 Å². The van der Waals surface area contributed by atoms with Crippen LogP contribution in [-0.2, 0) is 14.8 Å². The van der Waals surface area contributed by atoms with Gasteiger partial charge in [0.1, 0.15) is 5.82 Å². The van der Waals surface area contributed by atoms with Crippen molar-refractivity contribution in [3.63, 3.8) is 0 Å². The van der Waals surface area contributed by atoms with E-state index < -0.39 is 10.0 Å². The highest BCUT2D eigenvalue weighted by atomic mass is 32.2. The average Bonchev–Trinajstić information content (AvgIpc) is 3.23. The number of hydrogen-bond acceptors (Lipinski definition) is 7. The van der Waals surface area contributed by atoms with E-state index in [1.54, 1.807) is 41.3 Å². The van der Waals surface area contributed by atoms with Gasteiger partial charge in [-0.3, -0.25) is 0 Å². The first-order valence-corrected chi connectivity index (χ1v) is 11.3. The molecule has 158 valence electrons. The Bertz CT molecular complexity index is 1350. The molecule has 10 heteroatoms. The Balaban J connectivity index is 1.56. The number of aromatic nitrogens is 5. The highest BCUT2D eigenvalue weighted by Gasteiger charge is 2.26. The van der Waals surface area contributed by atoms with Gasteiger partial charge in [0.15, 0.2) is 5.65 Å². The van der Waals surface area contributed by atoms with Gasteiger partial charge in [0.05, 0.1) is 30.0 Å². The fourth-order valence-electron chi connectivity index (χ4n) is 3.52. The molecule has 0 atom stereocenters. The lowest BCUT2D eigenvalue weighted by Gasteiger charge is -2.26. The minimum atomic E-state index is -3.59. The summed E-state index contributed by atoms with van der Waals surface area (Å²) in [5.41, 5.74) is 3.61. The number of benzene rings is 1. The van der Waals surface area contributed by atoms with Crippen molar-refractivity contribution >= 4 is 15.7 Å². The van der Waals surface area contributed by atoms with Crippen molar-refractivity contribution < 1.29 is 13.2 Å². The fourth-order valence-corrected chi connectivity index (χ4v) is 4.97. The molecular weight excluding hydrogens is 416 g/mol. The van der Waals surface area contributed by atoms with E-state index in [0.717, 1.165) is 16.7 Å². The third-order valence-corrected chi connectivity index (χ3v) is 7.09. The summed E-state index contributed by atoms with van der Waals surface area (Å²) >= 11 is 0. The molecular formula is C21H20N6O3S. The maximum absolute atomic E-state index is 13.1. The predicted molar refractivity (Wildman–Crippen MR) is 114 cm³/mol. The summed E-state index contributed by atoms with van der Waals surface area (Å²) in [5.74, 6) is 0.688. The van der Waals surface area contributed by atoms with E-state index in [1.807, 2.05) is 25.3 Å². The Morgan fingerprint density at radius 2 is 1.77 bits per heavy atom. The zero-order chi connectivity index (χ0) is 21.4. The van der Waals surface area contributed by atoms with E-state index >= 15 is 0 Å². The van der Waals surface area contributed by atoms with Crippen LogP contribution in [-0.4, -0.2) is 63.6 Å². The van der Waals surface area contributed by atoms with Gasteiger partial charge < -0.3 is 4.74 Å². The fraction of sp³-hybridized carbons (Fsp3) is 0.238. The normalized spacial score (nSPS) is 15.4. The van der Waals surface area contributed by atoms with Crippen LogP contribution >= 0.6 is 0 Å². The first-order valence-electron chi connectivity index (χ1n) is 9.84. The number of aryl methyl sites for hydroxylation is 1. The van der Waals surface area contributed by atoms with Gasteiger partial charge >= 0.3 is 0 Å². The summed E-state index contributed by atoms with van der Waals surface area (Å²) in [5, 5.41) is 4.37. The van der Waals surface area contributed by atoms with Crippen molar-refractivity contribution in [1.82, 2.24) is 28.9 Å². The SMILES string of the molecule is Cc1ncc(-c2ccn3ncc(-c4cccc(S(=O)(=O)N5CCOCC5)c4)c3n2)cn1. The van der Waals surface area contributed by atoms with Crippen LogP contribution in [0, 0.1) is 6.92 Å². The second-order valence-corrected chi connectivity index (χ2v) is 9.14. The number of sulfonamides is 1. The van der Waals surface area contributed by atoms with Crippen LogP contribution in [0.15, 0.2) is 60.0 Å². The van der Waals surface area contributed by atoms with Crippen LogP contribution in [0.1, 0.15) is 5.82 Å². The lowest BCUT2D eigenvalue weighted by atomic mass is 10.1. The predicted octanol–water partition coefficient (Wildman–Crippen LogP) is 2.18. The molecule has 1 saturated heterocycles. The molecule has 3 aromatic heterocycles. The maximum Gasteiger partial charge on any atom is 0.243 e. The summed E-state index contributed by atoms with van der Waals surface area (Å²) in [6.45, 7) is 3.35. The van der Waals surface area contributed by atoms with E-state index in [1.165, 1.54) is 4.31 Å². The molecule has 4 heterocycles. The minimum Gasteiger partial charge on any atom is -0.379 e. The van der Waals surface area contributed by atoms with Gasteiger partial charge in [0.2, 0.25) is 10.0 Å². The molecule has 0 bridgehead atoms. The topological polar surface area (TPSA) is 103 Å². The van der Waals surface area contributed by atoms with E-state index in [9.17, 15) is 8.42 Å². The molecule has 1 aliphatic rings. The Morgan fingerprint density at radius 3 is 2.55 bits per heavy atom. The second-order valence-electron chi connectivity index (χ2n) is 7.20. The molecule has 0 N–H and O–H groups in total. The second kappa shape index (κ2) is 7.80. The Labute approximate surface area is 179 Å². The molecule has 0 spiro atoms. The molecule has 1 aromatic carbocycles. The molecule has 5 rings (SSSR count). The van der Waals surface area contributed by atoms with Crippen LogP contribution in [0.25, 0.3) is 28.0 Å². The molecule has 9 nitrogen and oxygen atoms in total. The molecule has 4 aromatic rings. The summed E-state index contributed by atoms with van der Waals surface area (Å²) < 4.78 is 34.5. The number of rotatable bonds is 4. The Hall–Kier alpha value is -3.21. The zero-order valence-corrected chi connectivity index (χ0v) is 17.7. The first kappa shape index (κ1) is 19.7. The van der Waals surface area contributed by atoms with Crippen LogP contribution in [0.4, 0.5) is 0 Å². The summed E-state index contributed by atoms with van der Waals surface area (Å²) in [6.07, 6.45) is 6.97. The van der Waals surface area contributed by atoms with Gasteiger partial charge in [-0.2, -0.15) is 9.40 Å². The summed E-state index contributed by atoms with van der Waals surface area (Å²) in [6, 6.07) is 8.73. The van der Waals surface area contributed by atoms with Gasteiger partial charge in [-0.25, -0.2) is 27.9 Å². The van der Waals surface area contributed by atoms with Gasteiger partial charge in [-0.15, -0.1) is 0 Å². The molecule has 31 heavy (non-hydrogen) atoms. The molecule has 0 amide bonds. The van der Waals surface area contributed by atoms with Crippen molar-refractivity contribution in [2.45, 2.75) is 11.8 Å². The minimum absolute atomic E-state index is 0.245. The van der Waals surface area contributed by atoms with Crippen molar-refractivity contribution in [2.24, 2.45) is 0 Å². The number of fused-ring (bicyclic) bond motifs is 1. The van der Waals surface area contributed by atoms with Crippen molar-refractivity contribution in [1.29, 1.82) is 0 Å². The number of nitrogens with zero attached hydrogens (tertiary/aromatic N) is 6. The molecule has 0 saturated carbocycles. The third-order valence-electron chi connectivity index (χ3n) is 5.20. The van der Waals surface area contributed by atoms with Crippen LogP contribution < -0.4 is 0 Å². The number of morpholine rings is 1.